The molecule has 2 unspecified atom stereocenters. The summed E-state index contributed by atoms with van der Waals surface area (Å²) in [5.74, 6) is -0.376. The molecule has 4 N–H and O–H groups in total. The summed E-state index contributed by atoms with van der Waals surface area (Å²) in [5, 5.41) is 18.1. The van der Waals surface area contributed by atoms with Crippen LogP contribution in [0, 0.1) is 5.82 Å². The highest BCUT2D eigenvalue weighted by atomic mass is 35.5. The summed E-state index contributed by atoms with van der Waals surface area (Å²) in [4.78, 5) is 4.20. The number of aromatic amines is 1. The number of aliphatic hydroxyl groups is 1. The second-order valence-corrected chi connectivity index (χ2v) is 7.41. The normalized spacial score (nSPS) is 20.1. The molecular weight excluding hydrogens is 369 g/mol. The van der Waals surface area contributed by atoms with Gasteiger partial charge in [-0.1, -0.05) is 18.0 Å². The van der Waals surface area contributed by atoms with E-state index in [9.17, 15) is 5.11 Å². The first-order valence-electron chi connectivity index (χ1n) is 8.81. The molecule has 0 spiro atoms. The number of fused-ring (bicyclic) bond motifs is 2. The summed E-state index contributed by atoms with van der Waals surface area (Å²) >= 11 is 6.50. The Morgan fingerprint density at radius 1 is 1.30 bits per heavy atom. The van der Waals surface area contributed by atoms with Gasteiger partial charge in [0.15, 0.2) is 0 Å². The van der Waals surface area contributed by atoms with Crippen LogP contribution in [-0.4, -0.2) is 30.8 Å². The highest BCUT2D eigenvalue weighted by Crippen LogP contribution is 2.45. The Morgan fingerprint density at radius 3 is 2.93 bits per heavy atom. The van der Waals surface area contributed by atoms with Crippen LogP contribution in [0.25, 0.3) is 27.7 Å². The number of nitrogen functional groups attached to an aromatic ring is 1. The predicted molar refractivity (Wildman–Crippen MR) is 102 cm³/mol. The Labute approximate surface area is 158 Å². The number of rotatable bonds is 2. The van der Waals surface area contributed by atoms with Crippen molar-refractivity contribution in [1.82, 2.24) is 19.6 Å². The average Bonchev–Trinajstić information content (AvgIpc) is 3.35. The van der Waals surface area contributed by atoms with Crippen molar-refractivity contribution in [2.24, 2.45) is 0 Å². The first-order chi connectivity index (χ1) is 13.0. The van der Waals surface area contributed by atoms with Crippen molar-refractivity contribution in [3.05, 3.63) is 47.1 Å². The Bertz CT molecular complexity index is 1180. The summed E-state index contributed by atoms with van der Waals surface area (Å²) in [7, 11) is 0. The Kier molecular flexibility index (Phi) is 3.63. The van der Waals surface area contributed by atoms with Crippen molar-refractivity contribution in [2.45, 2.75) is 31.3 Å². The third-order valence-corrected chi connectivity index (χ3v) is 5.79. The number of pyridine rings is 1. The molecule has 138 valence electrons. The van der Waals surface area contributed by atoms with Crippen LogP contribution >= 0.6 is 11.6 Å². The topological polar surface area (TPSA) is 92.2 Å². The van der Waals surface area contributed by atoms with Gasteiger partial charge in [0.25, 0.3) is 0 Å². The third-order valence-electron chi connectivity index (χ3n) is 5.44. The molecule has 3 heterocycles. The molecule has 0 aliphatic heterocycles. The van der Waals surface area contributed by atoms with Gasteiger partial charge in [-0.3, -0.25) is 5.10 Å². The molecule has 0 radical (unpaired) electrons. The number of nitrogens with two attached hydrogens (primary N) is 1. The summed E-state index contributed by atoms with van der Waals surface area (Å²) in [6.45, 7) is 0. The summed E-state index contributed by atoms with van der Waals surface area (Å²) < 4.78 is 17.1. The highest BCUT2D eigenvalue weighted by Gasteiger charge is 2.33. The zero-order chi connectivity index (χ0) is 18.7. The van der Waals surface area contributed by atoms with Crippen LogP contribution in [0.3, 0.4) is 0 Å². The SMILES string of the molecule is Nc1cn2cc(-c3c(Cl)c(F)c(C4CCCC4O)c4[nH]ncc34)ccc2n1. The van der Waals surface area contributed by atoms with E-state index in [1.165, 1.54) is 0 Å². The number of halogens is 2. The maximum Gasteiger partial charge on any atom is 0.148 e. The van der Waals surface area contributed by atoms with Gasteiger partial charge in [-0.2, -0.15) is 5.10 Å². The first-order valence-corrected chi connectivity index (χ1v) is 9.19. The van der Waals surface area contributed by atoms with Gasteiger partial charge in [0.1, 0.15) is 17.3 Å². The molecule has 3 aromatic heterocycles. The molecule has 0 amide bonds. The van der Waals surface area contributed by atoms with Gasteiger partial charge in [0.2, 0.25) is 0 Å². The van der Waals surface area contributed by atoms with E-state index < -0.39 is 11.9 Å². The maximum absolute atomic E-state index is 15.4. The van der Waals surface area contributed by atoms with E-state index >= 15 is 4.39 Å². The van der Waals surface area contributed by atoms with Crippen LogP contribution in [0.1, 0.15) is 30.7 Å². The van der Waals surface area contributed by atoms with Crippen LogP contribution in [-0.2, 0) is 0 Å². The van der Waals surface area contributed by atoms with Gasteiger partial charge >= 0.3 is 0 Å². The van der Waals surface area contributed by atoms with Gasteiger partial charge in [0, 0.05) is 34.2 Å². The number of anilines is 1. The Hall–Kier alpha value is -2.64. The third kappa shape index (κ3) is 2.42. The van der Waals surface area contributed by atoms with Crippen molar-refractivity contribution >= 4 is 34.0 Å². The van der Waals surface area contributed by atoms with E-state index in [0.717, 1.165) is 23.8 Å². The fourth-order valence-corrected chi connectivity index (χ4v) is 4.52. The Balaban J connectivity index is 1.78. The van der Waals surface area contributed by atoms with E-state index in [2.05, 4.69) is 15.2 Å². The van der Waals surface area contributed by atoms with Crippen LogP contribution in [0.4, 0.5) is 10.2 Å². The number of H-pyrrole nitrogens is 1. The molecule has 6 nitrogen and oxygen atoms in total. The summed E-state index contributed by atoms with van der Waals surface area (Å²) in [6, 6.07) is 3.64. The molecule has 5 rings (SSSR count). The minimum absolute atomic E-state index is 0.0328. The van der Waals surface area contributed by atoms with Crippen LogP contribution in [0.2, 0.25) is 5.02 Å². The predicted octanol–water partition coefficient (Wildman–Crippen LogP) is 3.88. The first kappa shape index (κ1) is 16.5. The lowest BCUT2D eigenvalue weighted by molar-refractivity contribution is 0.163. The van der Waals surface area contributed by atoms with Crippen molar-refractivity contribution in [2.75, 3.05) is 5.73 Å². The number of nitrogens with zero attached hydrogens (tertiary/aromatic N) is 3. The van der Waals surface area contributed by atoms with E-state index in [0.29, 0.717) is 34.5 Å². The van der Waals surface area contributed by atoms with E-state index in [1.54, 1.807) is 22.9 Å². The molecule has 8 heteroatoms. The molecule has 1 fully saturated rings. The number of aromatic nitrogens is 4. The number of aliphatic hydroxyl groups excluding tert-OH is 1. The molecule has 1 aliphatic carbocycles. The number of imidazole rings is 1. The fourth-order valence-electron chi connectivity index (χ4n) is 4.20. The van der Waals surface area contributed by atoms with Crippen LogP contribution in [0.5, 0.6) is 0 Å². The van der Waals surface area contributed by atoms with E-state index in [4.69, 9.17) is 17.3 Å². The molecule has 4 aromatic rings. The van der Waals surface area contributed by atoms with Gasteiger partial charge < -0.3 is 15.2 Å². The lowest BCUT2D eigenvalue weighted by atomic mass is 9.90. The fraction of sp³-hybridized carbons (Fsp3) is 0.263. The smallest absolute Gasteiger partial charge is 0.148 e. The maximum atomic E-state index is 15.4. The standard InChI is InChI=1S/C19H17ClFN5O/c20-17-15(9-4-5-14-24-13(22)8-26(14)7-9)11-6-23-25-19(11)16(18(17)21)10-2-1-3-12(10)27/h4-8,10,12,27H,1-3,22H2,(H,23,25). The lowest BCUT2D eigenvalue weighted by Gasteiger charge is -2.19. The Morgan fingerprint density at radius 2 is 2.15 bits per heavy atom. The largest absolute Gasteiger partial charge is 0.392 e. The molecule has 2 atom stereocenters. The molecule has 1 aliphatic rings. The molecule has 1 aromatic carbocycles. The second-order valence-electron chi connectivity index (χ2n) is 7.03. The van der Waals surface area contributed by atoms with Crippen molar-refractivity contribution in [3.8, 4) is 11.1 Å². The van der Waals surface area contributed by atoms with Crippen LogP contribution in [0.15, 0.2) is 30.7 Å². The van der Waals surface area contributed by atoms with Gasteiger partial charge in [-0.05, 0) is 25.0 Å². The zero-order valence-corrected chi connectivity index (χ0v) is 15.0. The molecule has 27 heavy (non-hydrogen) atoms. The van der Waals surface area contributed by atoms with E-state index in [-0.39, 0.29) is 10.9 Å². The molecule has 1 saturated carbocycles. The monoisotopic (exact) mass is 385 g/mol. The van der Waals surface area contributed by atoms with Crippen molar-refractivity contribution < 1.29 is 9.50 Å². The highest BCUT2D eigenvalue weighted by molar-refractivity contribution is 6.35. The van der Waals surface area contributed by atoms with Crippen molar-refractivity contribution in [1.29, 1.82) is 0 Å². The molecule has 0 saturated heterocycles. The second kappa shape index (κ2) is 5.94. The number of nitrogens with one attached hydrogen (secondary N) is 1. The van der Waals surface area contributed by atoms with Crippen LogP contribution < -0.4 is 5.73 Å². The minimum Gasteiger partial charge on any atom is -0.392 e. The molecule has 0 bridgehead atoms. The van der Waals surface area contributed by atoms with Gasteiger partial charge in [0.05, 0.1) is 29.0 Å². The number of hydrogen-bond acceptors (Lipinski definition) is 4. The molecular formula is C19H17ClFN5O. The number of hydrogen-bond donors (Lipinski definition) is 3. The lowest BCUT2D eigenvalue weighted by Crippen LogP contribution is -2.14. The van der Waals surface area contributed by atoms with Crippen molar-refractivity contribution in [3.63, 3.8) is 0 Å². The number of benzene rings is 1. The van der Waals surface area contributed by atoms with E-state index in [1.807, 2.05) is 12.3 Å². The summed E-state index contributed by atoms with van der Waals surface area (Å²) in [6.07, 6.45) is 6.83. The average molecular weight is 386 g/mol. The zero-order valence-electron chi connectivity index (χ0n) is 14.3. The quantitative estimate of drug-likeness (QED) is 0.488. The van der Waals surface area contributed by atoms with Gasteiger partial charge in [-0.25, -0.2) is 9.37 Å². The van der Waals surface area contributed by atoms with Gasteiger partial charge in [-0.15, -0.1) is 0 Å². The minimum atomic E-state index is -0.571. The summed E-state index contributed by atoms with van der Waals surface area (Å²) in [5.41, 5.74) is 8.75.